The number of unbranched alkanes of at least 4 members (excludes halogenated alkanes) is 6. The molecule has 0 rings (SSSR count). The Balaban J connectivity index is 3.09. The minimum Gasteiger partial charge on any atom is -0.463 e. The maximum Gasteiger partial charge on any atom is 0.431 e. The molecule has 0 atom stereocenters. The Hall–Kier alpha value is -0.770. The fourth-order valence-corrected chi connectivity index (χ4v) is 1.31. The van der Waals surface area contributed by atoms with Gasteiger partial charge in [-0.3, -0.25) is 5.21 Å². The maximum absolute atomic E-state index is 10.2. The van der Waals surface area contributed by atoms with E-state index in [0.717, 1.165) is 19.3 Å². The van der Waals surface area contributed by atoms with Crippen molar-refractivity contribution in [3.63, 3.8) is 0 Å². The molecular weight excluding hydrogens is 182 g/mol. The van der Waals surface area contributed by atoms with E-state index < -0.39 is 6.09 Å². The quantitative estimate of drug-likeness (QED) is 0.362. The number of carboxylic acid groups (broad SMARTS) is 1. The SMILES string of the molecule is CCCCCCCCCN(O)C(=O)O. The van der Waals surface area contributed by atoms with Gasteiger partial charge >= 0.3 is 6.09 Å². The first-order valence-corrected chi connectivity index (χ1v) is 5.37. The lowest BCUT2D eigenvalue weighted by Gasteiger charge is -2.09. The third-order valence-electron chi connectivity index (χ3n) is 2.19. The van der Waals surface area contributed by atoms with Crippen molar-refractivity contribution in [2.75, 3.05) is 6.54 Å². The van der Waals surface area contributed by atoms with Gasteiger partial charge in [0.25, 0.3) is 0 Å². The Morgan fingerprint density at radius 3 is 2.07 bits per heavy atom. The van der Waals surface area contributed by atoms with Crippen molar-refractivity contribution in [1.82, 2.24) is 5.06 Å². The summed E-state index contributed by atoms with van der Waals surface area (Å²) >= 11 is 0. The zero-order valence-electron chi connectivity index (χ0n) is 8.91. The van der Waals surface area contributed by atoms with Crippen LogP contribution in [0.3, 0.4) is 0 Å². The summed E-state index contributed by atoms with van der Waals surface area (Å²) in [6.45, 7) is 2.40. The van der Waals surface area contributed by atoms with Crippen molar-refractivity contribution in [2.24, 2.45) is 0 Å². The number of hydrogen-bond donors (Lipinski definition) is 2. The third-order valence-corrected chi connectivity index (χ3v) is 2.19. The van der Waals surface area contributed by atoms with Crippen LogP contribution in [0, 0.1) is 0 Å². The van der Waals surface area contributed by atoms with E-state index in [2.05, 4.69) is 6.92 Å². The average molecular weight is 203 g/mol. The van der Waals surface area contributed by atoms with Crippen molar-refractivity contribution in [3.8, 4) is 0 Å². The van der Waals surface area contributed by atoms with E-state index >= 15 is 0 Å². The van der Waals surface area contributed by atoms with Crippen LogP contribution < -0.4 is 0 Å². The molecule has 4 nitrogen and oxygen atoms in total. The van der Waals surface area contributed by atoms with Crippen molar-refractivity contribution in [2.45, 2.75) is 51.9 Å². The molecule has 0 fully saturated rings. The lowest BCUT2D eigenvalue weighted by Crippen LogP contribution is -2.26. The summed E-state index contributed by atoms with van der Waals surface area (Å²) in [7, 11) is 0. The van der Waals surface area contributed by atoms with Gasteiger partial charge in [0.05, 0.1) is 6.54 Å². The van der Waals surface area contributed by atoms with Crippen molar-refractivity contribution >= 4 is 6.09 Å². The van der Waals surface area contributed by atoms with E-state index in [1.807, 2.05) is 0 Å². The molecule has 14 heavy (non-hydrogen) atoms. The van der Waals surface area contributed by atoms with Crippen LogP contribution >= 0.6 is 0 Å². The predicted molar refractivity (Wildman–Crippen MR) is 54.5 cm³/mol. The van der Waals surface area contributed by atoms with Gasteiger partial charge in [-0.15, -0.1) is 0 Å². The van der Waals surface area contributed by atoms with E-state index in [9.17, 15) is 4.79 Å². The first-order chi connectivity index (χ1) is 6.68. The molecule has 0 bridgehead atoms. The normalized spacial score (nSPS) is 10.1. The summed E-state index contributed by atoms with van der Waals surface area (Å²) < 4.78 is 0. The van der Waals surface area contributed by atoms with Crippen LogP contribution in [-0.2, 0) is 0 Å². The van der Waals surface area contributed by atoms with Gasteiger partial charge in [0.15, 0.2) is 0 Å². The number of hydroxylamine groups is 2. The standard InChI is InChI=1S/C10H21NO3/c1-2-3-4-5-6-7-8-9-11(14)10(12)13/h14H,2-9H2,1H3,(H,12,13). The molecule has 0 aromatic carbocycles. The second-order valence-electron chi connectivity index (χ2n) is 3.53. The first-order valence-electron chi connectivity index (χ1n) is 5.37. The van der Waals surface area contributed by atoms with E-state index in [1.165, 1.54) is 25.7 Å². The summed E-state index contributed by atoms with van der Waals surface area (Å²) in [5.74, 6) is 0. The Labute approximate surface area is 85.5 Å². The monoisotopic (exact) mass is 203 g/mol. The summed E-state index contributed by atoms with van der Waals surface area (Å²) in [5, 5.41) is 17.5. The second-order valence-corrected chi connectivity index (χ2v) is 3.53. The second kappa shape index (κ2) is 8.81. The van der Waals surface area contributed by atoms with Gasteiger partial charge in [0.2, 0.25) is 0 Å². The van der Waals surface area contributed by atoms with E-state index in [0.29, 0.717) is 5.06 Å². The molecule has 0 aliphatic carbocycles. The van der Waals surface area contributed by atoms with Gasteiger partial charge in [-0.05, 0) is 6.42 Å². The van der Waals surface area contributed by atoms with Crippen LogP contribution in [0.25, 0.3) is 0 Å². The Kier molecular flexibility index (Phi) is 8.33. The summed E-state index contributed by atoms with van der Waals surface area (Å²) in [6, 6.07) is 0. The van der Waals surface area contributed by atoms with Gasteiger partial charge in [0, 0.05) is 0 Å². The topological polar surface area (TPSA) is 60.8 Å². The van der Waals surface area contributed by atoms with Crippen LogP contribution in [0.15, 0.2) is 0 Å². The Morgan fingerprint density at radius 1 is 1.07 bits per heavy atom. The molecule has 0 aromatic heterocycles. The highest BCUT2D eigenvalue weighted by Gasteiger charge is 2.05. The minimum absolute atomic E-state index is 0.225. The zero-order valence-corrected chi connectivity index (χ0v) is 8.91. The molecule has 0 radical (unpaired) electrons. The van der Waals surface area contributed by atoms with Gasteiger partial charge in [-0.2, -0.15) is 5.06 Å². The van der Waals surface area contributed by atoms with E-state index in [4.69, 9.17) is 10.3 Å². The van der Waals surface area contributed by atoms with Crippen LogP contribution in [0.1, 0.15) is 51.9 Å². The molecule has 0 spiro atoms. The van der Waals surface area contributed by atoms with Crippen LogP contribution in [-0.4, -0.2) is 28.0 Å². The van der Waals surface area contributed by atoms with Gasteiger partial charge in [-0.25, -0.2) is 4.79 Å². The number of rotatable bonds is 8. The fraction of sp³-hybridized carbons (Fsp3) is 0.900. The molecule has 84 valence electrons. The first kappa shape index (κ1) is 13.2. The average Bonchev–Trinajstić information content (AvgIpc) is 2.16. The Morgan fingerprint density at radius 2 is 1.57 bits per heavy atom. The van der Waals surface area contributed by atoms with E-state index in [1.54, 1.807) is 0 Å². The molecule has 0 aliphatic heterocycles. The third kappa shape index (κ3) is 7.86. The highest BCUT2D eigenvalue weighted by Crippen LogP contribution is 2.07. The predicted octanol–water partition coefficient (Wildman–Crippen LogP) is 3.11. The molecule has 4 heteroatoms. The number of carbonyl (C=O) groups is 1. The van der Waals surface area contributed by atoms with Crippen LogP contribution in [0.5, 0.6) is 0 Å². The highest BCUT2D eigenvalue weighted by atomic mass is 16.6. The summed E-state index contributed by atoms with van der Waals surface area (Å²) in [5.41, 5.74) is 0. The van der Waals surface area contributed by atoms with Crippen molar-refractivity contribution in [3.05, 3.63) is 0 Å². The molecule has 0 heterocycles. The summed E-state index contributed by atoms with van der Waals surface area (Å²) in [6.07, 6.45) is 6.60. The van der Waals surface area contributed by atoms with E-state index in [-0.39, 0.29) is 6.54 Å². The molecule has 0 saturated carbocycles. The van der Waals surface area contributed by atoms with Crippen LogP contribution in [0.4, 0.5) is 4.79 Å². The minimum atomic E-state index is -1.27. The molecule has 0 aliphatic rings. The van der Waals surface area contributed by atoms with Crippen molar-refractivity contribution < 1.29 is 15.1 Å². The lowest BCUT2D eigenvalue weighted by molar-refractivity contribution is -0.0645. The largest absolute Gasteiger partial charge is 0.463 e. The summed E-state index contributed by atoms with van der Waals surface area (Å²) in [4.78, 5) is 10.2. The van der Waals surface area contributed by atoms with Crippen LogP contribution in [0.2, 0.25) is 0 Å². The molecule has 0 unspecified atom stereocenters. The number of hydrogen-bond acceptors (Lipinski definition) is 2. The van der Waals surface area contributed by atoms with Gasteiger partial charge < -0.3 is 5.11 Å². The lowest BCUT2D eigenvalue weighted by atomic mass is 10.1. The molecule has 0 aromatic rings. The maximum atomic E-state index is 10.2. The Bertz CT molecular complexity index is 150. The fourth-order valence-electron chi connectivity index (χ4n) is 1.31. The van der Waals surface area contributed by atoms with Crippen molar-refractivity contribution in [1.29, 1.82) is 0 Å². The number of amides is 1. The molecule has 0 saturated heterocycles. The highest BCUT2D eigenvalue weighted by molar-refractivity contribution is 5.63. The molecular formula is C10H21NO3. The molecule has 1 amide bonds. The van der Waals surface area contributed by atoms with Gasteiger partial charge in [0.1, 0.15) is 0 Å². The smallest absolute Gasteiger partial charge is 0.431 e. The zero-order chi connectivity index (χ0) is 10.8. The molecule has 2 N–H and O–H groups in total. The number of nitrogens with zero attached hydrogens (tertiary/aromatic N) is 1. The van der Waals surface area contributed by atoms with Gasteiger partial charge in [-0.1, -0.05) is 45.4 Å².